The highest BCUT2D eigenvalue weighted by atomic mass is 31.2. The average molecular weight is 218 g/mol. The van der Waals surface area contributed by atoms with E-state index in [0.29, 0.717) is 0 Å². The van der Waals surface area contributed by atoms with Gasteiger partial charge in [-0.15, -0.1) is 0 Å². The highest BCUT2D eigenvalue weighted by molar-refractivity contribution is 7.45. The van der Waals surface area contributed by atoms with Crippen LogP contribution in [0.25, 0.3) is 0 Å². The van der Waals surface area contributed by atoms with Crippen molar-refractivity contribution in [3.05, 3.63) is 0 Å². The molecule has 0 radical (unpaired) electrons. The Morgan fingerprint density at radius 1 is 1.17 bits per heavy atom. The minimum Gasteiger partial charge on any atom is -0.481 e. The Balaban J connectivity index is -0.0000000221. The minimum atomic E-state index is -4.64. The van der Waals surface area contributed by atoms with Gasteiger partial charge in [-0.3, -0.25) is 4.79 Å². The van der Waals surface area contributed by atoms with Crippen LogP contribution in [0.3, 0.4) is 0 Å². The molecule has 0 unspecified atom stereocenters. The zero-order valence-corrected chi connectivity index (χ0v) is 6.86. The molecule has 0 fully saturated rings. The van der Waals surface area contributed by atoms with Crippen LogP contribution in [-0.4, -0.2) is 48.8 Å². The third-order valence-corrected chi connectivity index (χ3v) is 0. The molecule has 10 heteroatoms. The van der Waals surface area contributed by atoms with Crippen LogP contribution in [0.5, 0.6) is 0 Å². The van der Waals surface area contributed by atoms with Gasteiger partial charge in [0.05, 0.1) is 0 Å². The highest BCUT2D eigenvalue weighted by Crippen LogP contribution is 2.25. The van der Waals surface area contributed by atoms with E-state index < -0.39 is 13.8 Å². The number of hydrogen-bond donors (Lipinski definition) is 6. The lowest BCUT2D eigenvalue weighted by Crippen LogP contribution is -1.78. The van der Waals surface area contributed by atoms with E-state index in [1.165, 1.54) is 0 Å². The molecule has 0 aromatic heterocycles. The molecule has 0 aliphatic heterocycles. The summed E-state index contributed by atoms with van der Waals surface area (Å²) in [5, 5.41) is 7.42. The maximum absolute atomic E-state index is 9.00. The molecule has 0 heterocycles. The van der Waals surface area contributed by atoms with Crippen LogP contribution in [-0.2, 0) is 9.36 Å². The van der Waals surface area contributed by atoms with Gasteiger partial charge in [0, 0.05) is 6.92 Å². The maximum atomic E-state index is 9.00. The number of carboxylic acid groups (broad SMARTS) is 1. The molecular weight excluding hydrogens is 203 g/mol. The van der Waals surface area contributed by atoms with Crippen molar-refractivity contribution in [1.29, 1.82) is 0 Å². The summed E-state index contributed by atoms with van der Waals surface area (Å²) < 4.78 is 8.88. The quantitative estimate of drug-likeness (QED) is 0.211. The number of hydrogen-bond acceptors (Lipinski definition) is 4. The summed E-state index contributed by atoms with van der Waals surface area (Å²) >= 11 is 0. The molecule has 0 saturated heterocycles. The van der Waals surface area contributed by atoms with Crippen molar-refractivity contribution in [1.82, 2.24) is 12.3 Å². The Labute approximate surface area is 85.5 Å². The maximum Gasteiger partial charge on any atom is 0.466 e. The molecule has 0 amide bonds. The SMILES string of the molecule is CC(=O)O.N.N.O=P(O)(O)O.[MgH2]. The van der Waals surface area contributed by atoms with Crippen LogP contribution in [0.2, 0.25) is 0 Å². The first-order chi connectivity index (χ1) is 3.73. The van der Waals surface area contributed by atoms with E-state index in [9.17, 15) is 0 Å². The molecule has 0 atom stereocenters. The number of rotatable bonds is 0. The molecule has 12 heavy (non-hydrogen) atoms. The molecule has 10 N–H and O–H groups in total. The van der Waals surface area contributed by atoms with Crippen LogP contribution in [0, 0.1) is 0 Å². The molecule has 8 nitrogen and oxygen atoms in total. The smallest absolute Gasteiger partial charge is 0.466 e. The predicted molar refractivity (Wildman–Crippen MR) is 46.2 cm³/mol. The summed E-state index contributed by atoms with van der Waals surface area (Å²) in [7, 11) is -4.64. The lowest BCUT2D eigenvalue weighted by atomic mass is 10.9. The number of carboxylic acids is 1. The third-order valence-electron chi connectivity index (χ3n) is 0. The first-order valence-electron chi connectivity index (χ1n) is 1.71. The highest BCUT2D eigenvalue weighted by Gasteiger charge is 2.00. The van der Waals surface area contributed by atoms with E-state index in [1.54, 1.807) is 0 Å². The van der Waals surface area contributed by atoms with Gasteiger partial charge in [-0.25, -0.2) is 4.57 Å². The molecule has 0 aromatic rings. The van der Waals surface area contributed by atoms with Crippen molar-refractivity contribution < 1.29 is 29.1 Å². The van der Waals surface area contributed by atoms with Crippen molar-refractivity contribution >= 4 is 36.8 Å². The topological polar surface area (TPSA) is 185 Å². The van der Waals surface area contributed by atoms with Crippen molar-refractivity contribution in [3.63, 3.8) is 0 Å². The van der Waals surface area contributed by atoms with Gasteiger partial charge in [-0.1, -0.05) is 0 Å². The molecule has 76 valence electrons. The fourth-order valence-electron chi connectivity index (χ4n) is 0. The molecule has 0 aliphatic rings. The van der Waals surface area contributed by atoms with Gasteiger partial charge < -0.3 is 32.1 Å². The summed E-state index contributed by atoms with van der Waals surface area (Å²) in [4.78, 5) is 30.6. The zero-order chi connectivity index (χ0) is 8.08. The normalized spacial score (nSPS) is 7.00. The van der Waals surface area contributed by atoms with E-state index in [4.69, 9.17) is 29.1 Å². The summed E-state index contributed by atoms with van der Waals surface area (Å²) in [5.74, 6) is -0.833. The number of aliphatic carboxylic acids is 1. The summed E-state index contributed by atoms with van der Waals surface area (Å²) in [6.45, 7) is 1.08. The van der Waals surface area contributed by atoms with E-state index in [-0.39, 0.29) is 35.4 Å². The number of phosphoric acid groups is 1. The Morgan fingerprint density at radius 3 is 1.17 bits per heavy atom. The average Bonchev–Trinajstić information content (AvgIpc) is 1.19. The second-order valence-corrected chi connectivity index (χ2v) is 2.06. The summed E-state index contributed by atoms with van der Waals surface area (Å²) in [6, 6.07) is 0. The summed E-state index contributed by atoms with van der Waals surface area (Å²) in [5.41, 5.74) is 0. The largest absolute Gasteiger partial charge is 0.481 e. The van der Waals surface area contributed by atoms with Gasteiger partial charge in [0.15, 0.2) is 0 Å². The van der Waals surface area contributed by atoms with Crippen molar-refractivity contribution in [3.8, 4) is 0 Å². The Morgan fingerprint density at radius 2 is 1.17 bits per heavy atom. The standard InChI is InChI=1S/C2H4O2.Mg.2H3N.H3O4P.2H/c1-2(3)4;;;;1-5(2,3)4;;/h1H3,(H,3,4);;2*1H3;(H3,1,2,3,4);;. The number of carbonyl (C=O) groups is 1. The first-order valence-corrected chi connectivity index (χ1v) is 3.28. The van der Waals surface area contributed by atoms with Gasteiger partial charge in [0.2, 0.25) is 0 Å². The van der Waals surface area contributed by atoms with Crippen molar-refractivity contribution in [2.75, 3.05) is 0 Å². The van der Waals surface area contributed by atoms with Gasteiger partial charge in [0.25, 0.3) is 5.97 Å². The van der Waals surface area contributed by atoms with E-state index in [0.717, 1.165) is 6.92 Å². The second-order valence-electron chi connectivity index (χ2n) is 1.03. The van der Waals surface area contributed by atoms with Crippen molar-refractivity contribution in [2.24, 2.45) is 0 Å². The first kappa shape index (κ1) is 29.5. The lowest BCUT2D eigenvalue weighted by Gasteiger charge is -1.82. The molecule has 0 aromatic carbocycles. The van der Waals surface area contributed by atoms with Crippen LogP contribution >= 0.6 is 7.82 Å². The molecular formula is C2H15MgN2O6P. The van der Waals surface area contributed by atoms with Crippen molar-refractivity contribution in [2.45, 2.75) is 6.92 Å². The molecule has 0 bridgehead atoms. The van der Waals surface area contributed by atoms with E-state index in [1.807, 2.05) is 0 Å². The fraction of sp³-hybridized carbons (Fsp3) is 0.500. The molecule has 0 spiro atoms. The predicted octanol–water partition coefficient (Wildman–Crippen LogP) is -1.43. The fourth-order valence-corrected chi connectivity index (χ4v) is 0. The monoisotopic (exact) mass is 218 g/mol. The second kappa shape index (κ2) is 13.8. The van der Waals surface area contributed by atoms with Gasteiger partial charge >= 0.3 is 30.9 Å². The van der Waals surface area contributed by atoms with E-state index >= 15 is 0 Å². The van der Waals surface area contributed by atoms with Gasteiger partial charge in [0.1, 0.15) is 0 Å². The van der Waals surface area contributed by atoms with Crippen LogP contribution in [0.1, 0.15) is 6.92 Å². The van der Waals surface area contributed by atoms with Crippen LogP contribution < -0.4 is 12.3 Å². The Kier molecular flexibility index (Phi) is 34.0. The van der Waals surface area contributed by atoms with E-state index in [2.05, 4.69) is 0 Å². The molecule has 0 saturated carbocycles. The minimum absolute atomic E-state index is 0. The van der Waals surface area contributed by atoms with Gasteiger partial charge in [-0.05, 0) is 0 Å². The zero-order valence-electron chi connectivity index (χ0n) is 5.97. The lowest BCUT2D eigenvalue weighted by molar-refractivity contribution is -0.134. The molecule has 0 rings (SSSR count). The Bertz CT molecular complexity index is 123. The third kappa shape index (κ3) is 12400. The van der Waals surface area contributed by atoms with Crippen LogP contribution in [0.15, 0.2) is 0 Å². The Hall–Kier alpha value is 0.266. The summed E-state index contributed by atoms with van der Waals surface area (Å²) in [6.07, 6.45) is 0. The molecule has 0 aliphatic carbocycles. The van der Waals surface area contributed by atoms with Gasteiger partial charge in [-0.2, -0.15) is 0 Å². The van der Waals surface area contributed by atoms with Crippen LogP contribution in [0.4, 0.5) is 0 Å².